The zero-order valence-corrected chi connectivity index (χ0v) is 21.7. The minimum Gasteiger partial charge on any atom is -0.496 e. The fraction of sp³-hybridized carbons (Fsp3) is 0.429. The third-order valence-electron chi connectivity index (χ3n) is 7.77. The van der Waals surface area contributed by atoms with Crippen LogP contribution in [0.25, 0.3) is 22.6 Å². The Morgan fingerprint density at radius 1 is 1.05 bits per heavy atom. The molecule has 0 spiro atoms. The van der Waals surface area contributed by atoms with Crippen molar-refractivity contribution >= 4 is 11.2 Å². The SMILES string of the molecule is CCOc1nc(C)c2nc(-c3cncc(F)c3)n(Cc3cc(OC)c(C4CN5CCC4CC5)cc3F)c2n1. The van der Waals surface area contributed by atoms with Crippen LogP contribution in [-0.4, -0.2) is 62.8 Å². The average molecular weight is 521 g/mol. The summed E-state index contributed by atoms with van der Waals surface area (Å²) in [5.74, 6) is 1.08. The quantitative estimate of drug-likeness (QED) is 0.348. The van der Waals surface area contributed by atoms with Gasteiger partial charge in [-0.1, -0.05) is 0 Å². The van der Waals surface area contributed by atoms with Gasteiger partial charge in [-0.2, -0.15) is 9.97 Å². The van der Waals surface area contributed by atoms with Crippen LogP contribution in [0.3, 0.4) is 0 Å². The van der Waals surface area contributed by atoms with E-state index in [2.05, 4.69) is 19.9 Å². The first-order valence-electron chi connectivity index (χ1n) is 13.0. The Bertz CT molecular complexity index is 1500. The van der Waals surface area contributed by atoms with E-state index in [1.54, 1.807) is 23.8 Å². The van der Waals surface area contributed by atoms with E-state index in [1.807, 2.05) is 13.8 Å². The third-order valence-corrected chi connectivity index (χ3v) is 7.77. The first-order valence-corrected chi connectivity index (χ1v) is 13.0. The molecule has 0 saturated carbocycles. The van der Waals surface area contributed by atoms with E-state index in [9.17, 15) is 4.39 Å². The van der Waals surface area contributed by atoms with Crippen LogP contribution in [0.4, 0.5) is 8.78 Å². The predicted molar refractivity (Wildman–Crippen MR) is 138 cm³/mol. The van der Waals surface area contributed by atoms with Crippen LogP contribution in [0.5, 0.6) is 11.8 Å². The molecule has 7 rings (SSSR count). The molecular formula is C28H30F2N6O2. The normalized spacial score (nSPS) is 20.7. The van der Waals surface area contributed by atoms with Crippen molar-refractivity contribution < 1.29 is 18.3 Å². The molecule has 3 aliphatic rings. The van der Waals surface area contributed by atoms with Crippen LogP contribution in [0.1, 0.15) is 42.5 Å². The zero-order chi connectivity index (χ0) is 26.4. The fourth-order valence-electron chi connectivity index (χ4n) is 5.90. The molecule has 0 amide bonds. The van der Waals surface area contributed by atoms with Gasteiger partial charge in [-0.3, -0.25) is 4.98 Å². The van der Waals surface area contributed by atoms with Crippen molar-refractivity contribution in [1.29, 1.82) is 0 Å². The molecule has 10 heteroatoms. The maximum Gasteiger partial charge on any atom is 0.318 e. The highest BCUT2D eigenvalue weighted by Gasteiger charge is 2.36. The van der Waals surface area contributed by atoms with E-state index in [1.165, 1.54) is 12.3 Å². The van der Waals surface area contributed by atoms with Gasteiger partial charge >= 0.3 is 6.01 Å². The lowest BCUT2D eigenvalue weighted by Gasteiger charge is -2.45. The number of hydrogen-bond donors (Lipinski definition) is 0. The Balaban J connectivity index is 1.46. The number of methoxy groups -OCH3 is 1. The number of rotatable bonds is 7. The average Bonchev–Trinajstić information content (AvgIpc) is 3.29. The first kappa shape index (κ1) is 24.7. The second kappa shape index (κ2) is 9.90. The molecule has 1 aromatic carbocycles. The molecule has 3 aromatic heterocycles. The summed E-state index contributed by atoms with van der Waals surface area (Å²) in [6.45, 7) is 7.31. The van der Waals surface area contributed by atoms with E-state index in [4.69, 9.17) is 14.5 Å². The number of aryl methyl sites for hydroxylation is 1. The van der Waals surface area contributed by atoms with Crippen LogP contribution in [0.2, 0.25) is 0 Å². The molecule has 8 nitrogen and oxygen atoms in total. The summed E-state index contributed by atoms with van der Waals surface area (Å²) in [6.07, 6.45) is 4.92. The molecule has 38 heavy (non-hydrogen) atoms. The zero-order valence-electron chi connectivity index (χ0n) is 21.7. The highest BCUT2D eigenvalue weighted by Crippen LogP contribution is 2.43. The monoisotopic (exact) mass is 520 g/mol. The second-order valence-corrected chi connectivity index (χ2v) is 10.0. The van der Waals surface area contributed by atoms with Gasteiger partial charge < -0.3 is 18.9 Å². The summed E-state index contributed by atoms with van der Waals surface area (Å²) in [7, 11) is 1.63. The lowest BCUT2D eigenvalue weighted by molar-refractivity contribution is 0.0858. The van der Waals surface area contributed by atoms with Gasteiger partial charge in [0.15, 0.2) is 5.65 Å². The minimum absolute atomic E-state index is 0.104. The van der Waals surface area contributed by atoms with Crippen molar-refractivity contribution in [3.63, 3.8) is 0 Å². The van der Waals surface area contributed by atoms with Crippen LogP contribution in [-0.2, 0) is 6.54 Å². The lowest BCUT2D eigenvalue weighted by Crippen LogP contribution is -2.46. The lowest BCUT2D eigenvalue weighted by atomic mass is 9.75. The summed E-state index contributed by atoms with van der Waals surface area (Å²) in [5.41, 5.74) is 3.41. The topological polar surface area (TPSA) is 78.2 Å². The van der Waals surface area contributed by atoms with Crippen molar-refractivity contribution in [1.82, 2.24) is 29.4 Å². The molecule has 3 aliphatic heterocycles. The molecule has 1 atom stereocenters. The Labute approximate surface area is 219 Å². The fourth-order valence-corrected chi connectivity index (χ4v) is 5.90. The molecule has 4 aromatic rings. The Kier molecular flexibility index (Phi) is 6.43. The number of hydrogen-bond acceptors (Lipinski definition) is 7. The predicted octanol–water partition coefficient (Wildman–Crippen LogP) is 4.74. The van der Waals surface area contributed by atoms with Crippen molar-refractivity contribution in [2.75, 3.05) is 33.4 Å². The number of fused-ring (bicyclic) bond motifs is 4. The number of halogens is 2. The molecule has 2 bridgehead atoms. The van der Waals surface area contributed by atoms with Crippen LogP contribution >= 0.6 is 0 Å². The Hall–Kier alpha value is -3.66. The standard InChI is InChI=1S/C28H30F2N6O2/c1-4-38-28-32-16(2)25-27(34-28)36(26(33-25)18-9-20(29)13-31-12-18)14-19-10-24(37-3)21(11-23(19)30)22-15-35-7-5-17(22)6-8-35/h9-13,17,22H,4-8,14-15H2,1-3H3. The van der Waals surface area contributed by atoms with E-state index in [-0.39, 0.29) is 24.3 Å². The number of nitrogens with zero attached hydrogens (tertiary/aromatic N) is 6. The molecule has 6 heterocycles. The summed E-state index contributed by atoms with van der Waals surface area (Å²) in [5, 5.41) is 0. The molecule has 0 N–H and O–H groups in total. The van der Waals surface area contributed by atoms with Gasteiger partial charge in [-0.25, -0.2) is 13.8 Å². The molecule has 198 valence electrons. The summed E-state index contributed by atoms with van der Waals surface area (Å²) >= 11 is 0. The van der Waals surface area contributed by atoms with Gasteiger partial charge in [0.25, 0.3) is 0 Å². The number of aromatic nitrogens is 5. The summed E-state index contributed by atoms with van der Waals surface area (Å²) in [6, 6.07) is 4.97. The maximum absolute atomic E-state index is 15.8. The van der Waals surface area contributed by atoms with Gasteiger partial charge in [-0.05, 0) is 63.9 Å². The van der Waals surface area contributed by atoms with E-state index >= 15 is 4.39 Å². The molecule has 3 saturated heterocycles. The van der Waals surface area contributed by atoms with Gasteiger partial charge in [-0.15, -0.1) is 0 Å². The van der Waals surface area contributed by atoms with Gasteiger partial charge in [0.1, 0.15) is 28.7 Å². The van der Waals surface area contributed by atoms with Crippen LogP contribution < -0.4 is 9.47 Å². The highest BCUT2D eigenvalue weighted by atomic mass is 19.1. The van der Waals surface area contributed by atoms with Gasteiger partial charge in [0, 0.05) is 35.3 Å². The summed E-state index contributed by atoms with van der Waals surface area (Å²) < 4.78 is 43.1. The largest absolute Gasteiger partial charge is 0.496 e. The first-order chi connectivity index (χ1) is 18.4. The van der Waals surface area contributed by atoms with Crippen molar-refractivity contribution in [3.8, 4) is 23.1 Å². The highest BCUT2D eigenvalue weighted by molar-refractivity contribution is 5.79. The van der Waals surface area contributed by atoms with Gasteiger partial charge in [0.05, 0.1) is 32.2 Å². The second-order valence-electron chi connectivity index (χ2n) is 10.0. The van der Waals surface area contributed by atoms with Crippen molar-refractivity contribution in [2.45, 2.75) is 39.2 Å². The van der Waals surface area contributed by atoms with E-state index in [0.717, 1.165) is 44.2 Å². The number of piperidine rings is 3. The van der Waals surface area contributed by atoms with Crippen molar-refractivity contribution in [3.05, 3.63) is 59.0 Å². The number of ether oxygens (including phenoxy) is 2. The number of benzene rings is 1. The Morgan fingerprint density at radius 2 is 1.87 bits per heavy atom. The smallest absolute Gasteiger partial charge is 0.318 e. The van der Waals surface area contributed by atoms with E-state index < -0.39 is 5.82 Å². The molecule has 1 unspecified atom stereocenters. The maximum atomic E-state index is 15.8. The molecule has 0 radical (unpaired) electrons. The Morgan fingerprint density at radius 3 is 2.55 bits per heavy atom. The molecule has 3 fully saturated rings. The number of imidazole rings is 1. The van der Waals surface area contributed by atoms with Crippen molar-refractivity contribution in [2.24, 2.45) is 5.92 Å². The molecular weight excluding hydrogens is 490 g/mol. The van der Waals surface area contributed by atoms with E-state index in [0.29, 0.717) is 52.1 Å². The van der Waals surface area contributed by atoms with Gasteiger partial charge in [0.2, 0.25) is 0 Å². The number of pyridine rings is 1. The summed E-state index contributed by atoms with van der Waals surface area (Å²) in [4.78, 5) is 20.1. The minimum atomic E-state index is -0.492. The van der Waals surface area contributed by atoms with Crippen LogP contribution in [0.15, 0.2) is 30.6 Å². The van der Waals surface area contributed by atoms with Crippen LogP contribution in [0, 0.1) is 24.5 Å². The molecule has 0 aliphatic carbocycles. The third kappa shape index (κ3) is 4.36.